The second-order valence-electron chi connectivity index (χ2n) is 15.6. The zero-order chi connectivity index (χ0) is 39.6. The summed E-state index contributed by atoms with van der Waals surface area (Å²) in [5.74, 6) is 3.30. The second kappa shape index (κ2) is 13.6. The molecule has 3 aliphatic rings. The number of aromatic nitrogens is 1. The molecule has 0 bridgehead atoms. The molecule has 1 aromatic heterocycles. The summed E-state index contributed by atoms with van der Waals surface area (Å²) >= 11 is 0. The minimum atomic E-state index is -0.665. The molecule has 1 aliphatic carbocycles. The van der Waals surface area contributed by atoms with Gasteiger partial charge in [0, 0.05) is 39.4 Å². The number of nitrogens with zero attached hydrogens (tertiary/aromatic N) is 3. The predicted molar refractivity (Wildman–Crippen MR) is 242 cm³/mol. The molecule has 2 aliphatic heterocycles. The maximum absolute atomic E-state index is 6.71. The fraction of sp³-hybridized carbons (Fsp3) is 0.0364. The summed E-state index contributed by atoms with van der Waals surface area (Å²) in [6, 6.07) is 70.9. The second-order valence-corrected chi connectivity index (χ2v) is 15.6. The quantitative estimate of drug-likeness (QED) is 0.190. The largest absolute Gasteiger partial charge is 0.457 e. The number of hydrogen-bond donors (Lipinski definition) is 1. The van der Waals surface area contributed by atoms with Crippen molar-refractivity contribution in [2.45, 2.75) is 11.6 Å². The van der Waals surface area contributed by atoms with Crippen molar-refractivity contribution in [3.05, 3.63) is 245 Å². The molecule has 3 heterocycles. The molecule has 0 saturated heterocycles. The van der Waals surface area contributed by atoms with Crippen molar-refractivity contribution in [1.29, 1.82) is 0 Å². The molecular formula is C55H36N4O. The van der Waals surface area contributed by atoms with E-state index in [4.69, 9.17) is 19.7 Å². The van der Waals surface area contributed by atoms with E-state index in [1.54, 1.807) is 0 Å². The van der Waals surface area contributed by atoms with E-state index >= 15 is 0 Å². The maximum atomic E-state index is 6.71. The number of para-hydroxylation sites is 3. The Bertz CT molecular complexity index is 3100. The van der Waals surface area contributed by atoms with Crippen molar-refractivity contribution in [2.24, 2.45) is 9.98 Å². The number of benzene rings is 8. The third-order valence-corrected chi connectivity index (χ3v) is 12.3. The van der Waals surface area contributed by atoms with Gasteiger partial charge in [0.25, 0.3) is 0 Å². The standard InChI is InChI=1S/C55H36N4O/c1-3-13-38(14-4-1)52-57-53(39-15-5-2-6-16-39)59-54(58-52)41-29-31-44-43-30-28-40(35-24-26-36(27-25-35)42-19-11-17-37-18-12-32-56-51(37)42)33-47(43)55(48(44)34-41)45-20-7-9-22-49(45)60-50-23-10-8-21-46(50)55/h1-34,54H,(H,57,58,59). The Hall–Kier alpha value is -7.89. The predicted octanol–water partition coefficient (Wildman–Crippen LogP) is 12.5. The van der Waals surface area contributed by atoms with Gasteiger partial charge in [0.05, 0.1) is 10.9 Å². The zero-order valence-corrected chi connectivity index (χ0v) is 32.5. The molecule has 5 nitrogen and oxygen atoms in total. The number of nitrogens with one attached hydrogen (secondary N) is 1. The summed E-state index contributed by atoms with van der Waals surface area (Å²) in [5, 5.41) is 4.69. The van der Waals surface area contributed by atoms with E-state index in [2.05, 4.69) is 163 Å². The van der Waals surface area contributed by atoms with Gasteiger partial charge in [-0.3, -0.25) is 4.98 Å². The highest BCUT2D eigenvalue weighted by molar-refractivity contribution is 6.16. The lowest BCUT2D eigenvalue weighted by Gasteiger charge is -2.39. The van der Waals surface area contributed by atoms with Crippen molar-refractivity contribution in [3.63, 3.8) is 0 Å². The molecule has 8 aromatic carbocycles. The van der Waals surface area contributed by atoms with E-state index in [0.717, 1.165) is 84.1 Å². The first-order valence-electron chi connectivity index (χ1n) is 20.4. The van der Waals surface area contributed by atoms with Crippen molar-refractivity contribution in [1.82, 2.24) is 10.3 Å². The van der Waals surface area contributed by atoms with E-state index < -0.39 is 11.6 Å². The molecule has 60 heavy (non-hydrogen) atoms. The van der Waals surface area contributed by atoms with Crippen LogP contribution in [0, 0.1) is 0 Å². The molecule has 282 valence electrons. The molecule has 0 unspecified atom stereocenters. The molecule has 0 atom stereocenters. The fourth-order valence-corrected chi connectivity index (χ4v) is 9.52. The Balaban J connectivity index is 1.04. The Kier molecular flexibility index (Phi) is 7.75. The highest BCUT2D eigenvalue weighted by Gasteiger charge is 2.51. The molecule has 0 saturated carbocycles. The maximum Gasteiger partial charge on any atom is 0.169 e. The molecule has 1 N–H and O–H groups in total. The topological polar surface area (TPSA) is 58.9 Å². The first kappa shape index (κ1) is 34.2. The first-order chi connectivity index (χ1) is 29.7. The minimum absolute atomic E-state index is 0.473. The lowest BCUT2D eigenvalue weighted by Crippen LogP contribution is -2.36. The molecule has 12 rings (SSSR count). The van der Waals surface area contributed by atoms with Gasteiger partial charge < -0.3 is 10.1 Å². The van der Waals surface area contributed by atoms with E-state index in [0.29, 0.717) is 0 Å². The van der Waals surface area contributed by atoms with Crippen molar-refractivity contribution < 1.29 is 4.74 Å². The van der Waals surface area contributed by atoms with Crippen LogP contribution in [0.15, 0.2) is 216 Å². The molecule has 1 spiro atoms. The number of aliphatic imine (C=N–C) groups is 2. The van der Waals surface area contributed by atoms with Crippen LogP contribution in [-0.2, 0) is 5.41 Å². The molecular weight excluding hydrogens is 733 g/mol. The molecule has 0 fully saturated rings. The van der Waals surface area contributed by atoms with Gasteiger partial charge in [0.2, 0.25) is 0 Å². The van der Waals surface area contributed by atoms with Crippen LogP contribution in [0.3, 0.4) is 0 Å². The summed E-state index contributed by atoms with van der Waals surface area (Å²) in [4.78, 5) is 15.3. The summed E-state index contributed by atoms with van der Waals surface area (Å²) in [7, 11) is 0. The lowest BCUT2D eigenvalue weighted by atomic mass is 9.65. The summed E-state index contributed by atoms with van der Waals surface area (Å²) in [6.07, 6.45) is 1.39. The van der Waals surface area contributed by atoms with E-state index in [9.17, 15) is 0 Å². The normalized spacial score (nSPS) is 14.5. The van der Waals surface area contributed by atoms with Crippen molar-refractivity contribution in [2.75, 3.05) is 0 Å². The van der Waals surface area contributed by atoms with Crippen LogP contribution in [-0.4, -0.2) is 16.7 Å². The molecule has 5 heteroatoms. The Morgan fingerprint density at radius 3 is 1.67 bits per heavy atom. The Labute approximate surface area is 348 Å². The van der Waals surface area contributed by atoms with Crippen LogP contribution in [0.2, 0.25) is 0 Å². The van der Waals surface area contributed by atoms with Gasteiger partial charge in [-0.15, -0.1) is 0 Å². The molecule has 0 amide bonds. The van der Waals surface area contributed by atoms with Gasteiger partial charge in [-0.1, -0.05) is 170 Å². The number of ether oxygens (including phenoxy) is 1. The monoisotopic (exact) mass is 768 g/mol. The van der Waals surface area contributed by atoms with Crippen LogP contribution in [0.25, 0.3) is 44.3 Å². The van der Waals surface area contributed by atoms with Crippen LogP contribution in [0.4, 0.5) is 0 Å². The average molecular weight is 769 g/mol. The highest BCUT2D eigenvalue weighted by atomic mass is 16.5. The van der Waals surface area contributed by atoms with Crippen molar-refractivity contribution >= 4 is 22.6 Å². The minimum Gasteiger partial charge on any atom is -0.457 e. The summed E-state index contributed by atoms with van der Waals surface area (Å²) in [5.41, 5.74) is 15.0. The Morgan fingerprint density at radius 1 is 0.417 bits per heavy atom. The van der Waals surface area contributed by atoms with Gasteiger partial charge in [-0.05, 0) is 74.8 Å². The van der Waals surface area contributed by atoms with E-state index in [1.165, 1.54) is 22.3 Å². The third-order valence-electron chi connectivity index (χ3n) is 12.3. The number of hydrogen-bond acceptors (Lipinski definition) is 5. The van der Waals surface area contributed by atoms with Crippen LogP contribution < -0.4 is 10.1 Å². The average Bonchev–Trinajstić information content (AvgIpc) is 3.61. The van der Waals surface area contributed by atoms with Crippen LogP contribution in [0.1, 0.15) is 45.1 Å². The van der Waals surface area contributed by atoms with Gasteiger partial charge in [0.15, 0.2) is 6.17 Å². The fourth-order valence-electron chi connectivity index (χ4n) is 9.52. The molecule has 9 aromatic rings. The van der Waals surface area contributed by atoms with E-state index in [-0.39, 0.29) is 0 Å². The van der Waals surface area contributed by atoms with E-state index in [1.807, 2.05) is 48.7 Å². The van der Waals surface area contributed by atoms with Gasteiger partial charge in [-0.2, -0.15) is 0 Å². The number of rotatable bonds is 5. The first-order valence-corrected chi connectivity index (χ1v) is 20.4. The highest BCUT2D eigenvalue weighted by Crippen LogP contribution is 2.62. The van der Waals surface area contributed by atoms with Gasteiger partial charge in [0.1, 0.15) is 23.2 Å². The SMILES string of the molecule is c1ccc(C2=NC(c3ccc4c(c3)C3(c5ccccc5Oc5ccccc53)c3cc(-c5ccc(-c6cccc7cccnc67)cc5)ccc3-4)N=C(c3ccccc3)N2)cc1. The lowest BCUT2D eigenvalue weighted by molar-refractivity contribution is 0.436. The van der Waals surface area contributed by atoms with Gasteiger partial charge >= 0.3 is 0 Å². The van der Waals surface area contributed by atoms with Crippen LogP contribution >= 0.6 is 0 Å². The third kappa shape index (κ3) is 5.29. The van der Waals surface area contributed by atoms with Crippen LogP contribution in [0.5, 0.6) is 11.5 Å². The smallest absolute Gasteiger partial charge is 0.169 e. The summed E-state index contributed by atoms with van der Waals surface area (Å²) < 4.78 is 6.71. The number of pyridine rings is 1. The number of amidine groups is 2. The zero-order valence-electron chi connectivity index (χ0n) is 32.5. The molecule has 0 radical (unpaired) electrons. The summed E-state index contributed by atoms with van der Waals surface area (Å²) in [6.45, 7) is 0. The number of fused-ring (bicyclic) bond motifs is 10. The van der Waals surface area contributed by atoms with Gasteiger partial charge in [-0.25, -0.2) is 9.98 Å². The Morgan fingerprint density at radius 2 is 0.983 bits per heavy atom. The van der Waals surface area contributed by atoms with Crippen molar-refractivity contribution in [3.8, 4) is 44.9 Å².